The standard InChI is InChI=1S/C21H25N9O14P2/c1-6-25-15-9(17(33)26-6)23-4-29(15)19-11(31)13-7(41-19)2-39-46(37,38)44-14-8(3-40-45(35,36)43-13)42-20(12(14)32)30-5-24-10-16(30)27-21(22)28-18(10)34/h4-5,7-8,11-14,19-20,31-32H,2-3H2,1H3,(H,35,36)(H,37,38)(H,25,26,33)(H3,22,27,28,34)/t7-,8-,11-,12-,13-,14-,19-,20-/m1/s1. The maximum Gasteiger partial charge on any atom is 0.472 e. The van der Waals surface area contributed by atoms with Gasteiger partial charge in [-0.05, 0) is 6.92 Å². The Labute approximate surface area is 254 Å². The molecule has 46 heavy (non-hydrogen) atoms. The molecule has 0 aromatic carbocycles. The van der Waals surface area contributed by atoms with Gasteiger partial charge in [0.1, 0.15) is 42.4 Å². The van der Waals surface area contributed by atoms with E-state index >= 15 is 0 Å². The molecule has 4 aromatic rings. The average molecular weight is 689 g/mol. The molecule has 4 aromatic heterocycles. The predicted molar refractivity (Wildman–Crippen MR) is 147 cm³/mol. The molecule has 0 aliphatic carbocycles. The number of anilines is 1. The van der Waals surface area contributed by atoms with Gasteiger partial charge in [0.2, 0.25) is 5.95 Å². The van der Waals surface area contributed by atoms with E-state index in [1.165, 1.54) is 11.5 Å². The zero-order valence-corrected chi connectivity index (χ0v) is 25.0. The number of aryl methyl sites for hydroxylation is 1. The molecule has 3 aliphatic rings. The topological polar surface area (TPSA) is 324 Å². The molecule has 0 amide bonds. The number of aliphatic hydroxyl groups is 2. The fraction of sp³-hybridized carbons (Fsp3) is 0.524. The zero-order chi connectivity index (χ0) is 32.7. The van der Waals surface area contributed by atoms with E-state index in [-0.39, 0.29) is 34.1 Å². The quantitative estimate of drug-likeness (QED) is 0.109. The van der Waals surface area contributed by atoms with E-state index in [4.69, 9.17) is 33.3 Å². The molecule has 3 aliphatic heterocycles. The number of aliphatic hydroxyl groups excluding tert-OH is 2. The van der Waals surface area contributed by atoms with Crippen LogP contribution in [-0.4, -0.2) is 109 Å². The lowest BCUT2D eigenvalue weighted by Crippen LogP contribution is -2.39. The van der Waals surface area contributed by atoms with Gasteiger partial charge in [0.25, 0.3) is 11.1 Å². The summed E-state index contributed by atoms with van der Waals surface area (Å²) in [5.41, 5.74) is 4.01. The Hall–Kier alpha value is -3.44. The number of rotatable bonds is 2. The maximum absolute atomic E-state index is 13.1. The summed E-state index contributed by atoms with van der Waals surface area (Å²) in [6.07, 6.45) is -10.6. The molecule has 3 saturated heterocycles. The number of hydrogen-bond acceptors (Lipinski definition) is 17. The van der Waals surface area contributed by atoms with Crippen molar-refractivity contribution in [2.75, 3.05) is 18.9 Å². The highest BCUT2D eigenvalue weighted by Crippen LogP contribution is 2.53. The minimum atomic E-state index is -5.08. The van der Waals surface area contributed by atoms with Crippen molar-refractivity contribution in [2.24, 2.45) is 0 Å². The molecule has 10 atom stereocenters. The SMILES string of the molecule is Cc1nc2c(ncn2[C@@H]2O[C@@H]3COP(=O)(O)O[C@H]4[C@@H](O)[C@H](n5cnc6c(=O)[nH]c(N)nc65)O[C@@H]4COP(=O)(O)O[C@H]3[C@H]2O)c(=O)[nH]1. The Morgan fingerprint density at radius 2 is 1.28 bits per heavy atom. The van der Waals surface area contributed by atoms with E-state index in [0.717, 1.165) is 17.2 Å². The number of phosphoric ester groups is 2. The number of fused-ring (bicyclic) bond motifs is 4. The number of aromatic nitrogens is 8. The lowest BCUT2D eigenvalue weighted by molar-refractivity contribution is -0.0664. The molecular weight excluding hydrogens is 664 g/mol. The molecule has 248 valence electrons. The number of nitrogens with one attached hydrogen (secondary N) is 2. The van der Waals surface area contributed by atoms with Crippen LogP contribution in [0.2, 0.25) is 0 Å². The lowest BCUT2D eigenvalue weighted by atomic mass is 10.1. The summed E-state index contributed by atoms with van der Waals surface area (Å²) >= 11 is 0. The molecule has 23 nitrogen and oxygen atoms in total. The van der Waals surface area contributed by atoms with Crippen LogP contribution in [0.15, 0.2) is 22.2 Å². The molecule has 0 spiro atoms. The highest BCUT2D eigenvalue weighted by molar-refractivity contribution is 7.47. The van der Waals surface area contributed by atoms with E-state index in [1.54, 1.807) is 0 Å². The number of nitrogen functional groups attached to an aromatic ring is 1. The van der Waals surface area contributed by atoms with E-state index in [9.17, 15) is 38.7 Å². The Morgan fingerprint density at radius 3 is 1.78 bits per heavy atom. The van der Waals surface area contributed by atoms with E-state index in [2.05, 4.69) is 29.9 Å². The first-order valence-corrected chi connectivity index (χ1v) is 16.3. The van der Waals surface area contributed by atoms with Crippen LogP contribution >= 0.6 is 15.6 Å². The van der Waals surface area contributed by atoms with Gasteiger partial charge < -0.3 is 40.2 Å². The third-order valence-corrected chi connectivity index (χ3v) is 9.45. The Kier molecular flexibility index (Phi) is 7.51. The number of nitrogens with two attached hydrogens (primary N) is 1. The number of imidazole rings is 2. The van der Waals surface area contributed by atoms with Crippen molar-refractivity contribution >= 4 is 43.9 Å². The van der Waals surface area contributed by atoms with E-state index in [1.807, 2.05) is 0 Å². The third kappa shape index (κ3) is 5.39. The number of aromatic amines is 2. The molecule has 7 rings (SSSR count). The zero-order valence-electron chi connectivity index (χ0n) is 23.2. The molecular formula is C21H25N9O14P2. The van der Waals surface area contributed by atoms with Crippen LogP contribution in [0.5, 0.6) is 0 Å². The molecule has 0 bridgehead atoms. The highest BCUT2D eigenvalue weighted by atomic mass is 31.2. The lowest BCUT2D eigenvalue weighted by Gasteiger charge is -2.27. The molecule has 8 N–H and O–H groups in total. The van der Waals surface area contributed by atoms with Crippen molar-refractivity contribution in [3.8, 4) is 0 Å². The molecule has 25 heteroatoms. The third-order valence-electron chi connectivity index (χ3n) is 7.48. The fourth-order valence-corrected chi connectivity index (χ4v) is 7.41. The maximum atomic E-state index is 13.1. The largest absolute Gasteiger partial charge is 0.472 e. The molecule has 3 fully saturated rings. The van der Waals surface area contributed by atoms with E-state index < -0.39 is 89.1 Å². The van der Waals surface area contributed by atoms with Crippen LogP contribution in [0, 0.1) is 6.92 Å². The minimum absolute atomic E-state index is 0.00445. The second-order valence-corrected chi connectivity index (χ2v) is 13.3. The predicted octanol–water partition coefficient (Wildman–Crippen LogP) is -2.32. The van der Waals surface area contributed by atoms with Gasteiger partial charge in [0.15, 0.2) is 34.8 Å². The van der Waals surface area contributed by atoms with Crippen LogP contribution in [0.1, 0.15) is 18.3 Å². The number of nitrogens with zero attached hydrogens (tertiary/aromatic N) is 6. The smallest absolute Gasteiger partial charge is 0.386 e. The number of hydrogen-bond donors (Lipinski definition) is 7. The summed E-state index contributed by atoms with van der Waals surface area (Å²) in [4.78, 5) is 66.6. The van der Waals surface area contributed by atoms with Gasteiger partial charge >= 0.3 is 15.6 Å². The minimum Gasteiger partial charge on any atom is -0.386 e. The van der Waals surface area contributed by atoms with Crippen LogP contribution in [0.3, 0.4) is 0 Å². The normalized spacial score (nSPS) is 37.2. The van der Waals surface area contributed by atoms with Gasteiger partial charge in [-0.1, -0.05) is 0 Å². The fourth-order valence-electron chi connectivity index (χ4n) is 5.48. The van der Waals surface area contributed by atoms with Crippen molar-refractivity contribution in [2.45, 2.75) is 56.0 Å². The molecule has 0 radical (unpaired) electrons. The molecule has 7 heterocycles. The second kappa shape index (κ2) is 11.1. The van der Waals surface area contributed by atoms with Crippen LogP contribution in [-0.2, 0) is 36.7 Å². The first-order valence-electron chi connectivity index (χ1n) is 13.4. The van der Waals surface area contributed by atoms with Crippen molar-refractivity contribution in [3.63, 3.8) is 0 Å². The van der Waals surface area contributed by atoms with Gasteiger partial charge in [0.05, 0.1) is 25.9 Å². The summed E-state index contributed by atoms with van der Waals surface area (Å²) in [6.45, 7) is -0.192. The monoisotopic (exact) mass is 689 g/mol. The van der Waals surface area contributed by atoms with Crippen LogP contribution in [0.25, 0.3) is 22.3 Å². The molecule has 0 saturated carbocycles. The first-order chi connectivity index (χ1) is 21.7. The van der Waals surface area contributed by atoms with Crippen LogP contribution < -0.4 is 16.9 Å². The van der Waals surface area contributed by atoms with Crippen LogP contribution in [0.4, 0.5) is 5.95 Å². The number of H-pyrrole nitrogens is 2. The van der Waals surface area contributed by atoms with Gasteiger partial charge in [-0.2, -0.15) is 4.98 Å². The Balaban J connectivity index is 1.18. The van der Waals surface area contributed by atoms with Crippen molar-refractivity contribution in [1.29, 1.82) is 0 Å². The number of ether oxygens (including phenoxy) is 2. The van der Waals surface area contributed by atoms with Gasteiger partial charge in [-0.3, -0.25) is 41.8 Å². The van der Waals surface area contributed by atoms with Crippen molar-refractivity contribution in [1.82, 2.24) is 39.0 Å². The summed E-state index contributed by atoms with van der Waals surface area (Å²) in [7, 11) is -10.2. The summed E-state index contributed by atoms with van der Waals surface area (Å²) < 4.78 is 60.8. The average Bonchev–Trinajstić information content (AvgIpc) is 3.72. The Bertz CT molecular complexity index is 1900. The van der Waals surface area contributed by atoms with Gasteiger partial charge in [0, 0.05) is 0 Å². The Morgan fingerprint density at radius 1 is 0.826 bits per heavy atom. The van der Waals surface area contributed by atoms with Crippen molar-refractivity contribution < 1.29 is 56.7 Å². The number of phosphoric acid groups is 2. The summed E-state index contributed by atoms with van der Waals surface area (Å²) in [6, 6.07) is 0. The van der Waals surface area contributed by atoms with Gasteiger partial charge in [-0.25, -0.2) is 24.1 Å². The molecule has 2 unspecified atom stereocenters. The summed E-state index contributed by atoms with van der Waals surface area (Å²) in [5.74, 6) is -0.0557. The second-order valence-electron chi connectivity index (χ2n) is 10.5. The van der Waals surface area contributed by atoms with E-state index in [0.29, 0.717) is 0 Å². The first kappa shape index (κ1) is 31.2. The van der Waals surface area contributed by atoms with Gasteiger partial charge in [-0.15, -0.1) is 0 Å². The highest BCUT2D eigenvalue weighted by Gasteiger charge is 2.54. The van der Waals surface area contributed by atoms with Crippen molar-refractivity contribution in [3.05, 3.63) is 39.2 Å². The summed E-state index contributed by atoms with van der Waals surface area (Å²) in [5, 5.41) is 22.3.